The number of benzene rings is 3. The Morgan fingerprint density at radius 3 is 1.97 bits per heavy atom. The molecule has 11 heteroatoms. The van der Waals surface area contributed by atoms with Gasteiger partial charge >= 0.3 is 0 Å². The molecule has 3 rings (SSSR count). The molecule has 1 amide bonds. The van der Waals surface area contributed by atoms with Crippen LogP contribution < -0.4 is 19.1 Å². The van der Waals surface area contributed by atoms with Gasteiger partial charge in [-0.3, -0.25) is 9.10 Å². The molecule has 9 nitrogen and oxygen atoms in total. The largest absolute Gasteiger partial charge is 0.495 e. The number of nitrogens with one attached hydrogen (secondary N) is 2. The molecule has 0 bridgehead atoms. The van der Waals surface area contributed by atoms with Crippen LogP contribution in [-0.4, -0.2) is 42.4 Å². The molecular formula is C27H33N3O6S2. The molecule has 0 heterocycles. The zero-order chi connectivity index (χ0) is 28.3. The van der Waals surface area contributed by atoms with E-state index in [2.05, 4.69) is 10.0 Å². The van der Waals surface area contributed by atoms with Crippen LogP contribution in [0.2, 0.25) is 0 Å². The Hall–Kier alpha value is -3.41. The number of hydrogen-bond acceptors (Lipinski definition) is 6. The highest BCUT2D eigenvalue weighted by molar-refractivity contribution is 7.92. The average Bonchev–Trinajstić information content (AvgIpc) is 2.81. The van der Waals surface area contributed by atoms with Crippen LogP contribution in [0.15, 0.2) is 70.5 Å². The summed E-state index contributed by atoms with van der Waals surface area (Å²) in [6.07, 6.45) is 0. The predicted octanol–water partition coefficient (Wildman–Crippen LogP) is 4.14. The van der Waals surface area contributed by atoms with Crippen LogP contribution >= 0.6 is 0 Å². The van der Waals surface area contributed by atoms with Crippen LogP contribution in [0.5, 0.6) is 5.75 Å². The van der Waals surface area contributed by atoms with E-state index in [4.69, 9.17) is 4.74 Å². The molecule has 0 spiro atoms. The van der Waals surface area contributed by atoms with Gasteiger partial charge in [0.1, 0.15) is 12.3 Å². The first kappa shape index (κ1) is 29.2. The maximum absolute atomic E-state index is 13.7. The van der Waals surface area contributed by atoms with Gasteiger partial charge in [0.05, 0.1) is 28.3 Å². The lowest BCUT2D eigenvalue weighted by Crippen LogP contribution is -2.38. The fourth-order valence-electron chi connectivity index (χ4n) is 3.90. The van der Waals surface area contributed by atoms with E-state index in [1.165, 1.54) is 37.4 Å². The molecule has 0 saturated heterocycles. The molecule has 0 unspecified atom stereocenters. The topological polar surface area (TPSA) is 122 Å². The Morgan fingerprint density at radius 2 is 1.42 bits per heavy atom. The normalized spacial score (nSPS) is 11.9. The summed E-state index contributed by atoms with van der Waals surface area (Å²) in [5.74, 6) is -0.453. The Bertz CT molecular complexity index is 1510. The van der Waals surface area contributed by atoms with Crippen molar-refractivity contribution in [3.63, 3.8) is 0 Å². The van der Waals surface area contributed by atoms with Crippen molar-refractivity contribution in [3.8, 4) is 5.75 Å². The summed E-state index contributed by atoms with van der Waals surface area (Å²) in [7, 11) is -6.58. The summed E-state index contributed by atoms with van der Waals surface area (Å²) in [4.78, 5) is 13.2. The van der Waals surface area contributed by atoms with E-state index in [-0.39, 0.29) is 27.3 Å². The van der Waals surface area contributed by atoms with Gasteiger partial charge in [0, 0.05) is 6.04 Å². The van der Waals surface area contributed by atoms with Crippen LogP contribution in [0.25, 0.3) is 0 Å². The van der Waals surface area contributed by atoms with Crippen molar-refractivity contribution in [1.29, 1.82) is 0 Å². The fraction of sp³-hybridized carbons (Fsp3) is 0.296. The van der Waals surface area contributed by atoms with Gasteiger partial charge in [0.2, 0.25) is 15.9 Å². The van der Waals surface area contributed by atoms with Gasteiger partial charge < -0.3 is 10.1 Å². The van der Waals surface area contributed by atoms with Gasteiger partial charge in [0.15, 0.2) is 0 Å². The minimum absolute atomic E-state index is 0.0421. The highest BCUT2D eigenvalue weighted by Gasteiger charge is 2.28. The maximum Gasteiger partial charge on any atom is 0.264 e. The van der Waals surface area contributed by atoms with Gasteiger partial charge in [-0.1, -0.05) is 23.8 Å². The number of nitrogens with zero attached hydrogens (tertiary/aromatic N) is 1. The molecule has 3 aromatic carbocycles. The monoisotopic (exact) mass is 559 g/mol. The summed E-state index contributed by atoms with van der Waals surface area (Å²) in [6, 6.07) is 15.4. The third-order valence-electron chi connectivity index (χ3n) is 5.54. The number of ether oxygens (including phenoxy) is 1. The second kappa shape index (κ2) is 11.5. The minimum Gasteiger partial charge on any atom is -0.495 e. The van der Waals surface area contributed by atoms with Crippen LogP contribution in [0.1, 0.15) is 30.5 Å². The molecule has 0 aliphatic heterocycles. The first-order valence-corrected chi connectivity index (χ1v) is 14.8. The fourth-order valence-corrected chi connectivity index (χ4v) is 6.58. The van der Waals surface area contributed by atoms with Gasteiger partial charge in [0.25, 0.3) is 10.0 Å². The lowest BCUT2D eigenvalue weighted by atomic mass is 10.1. The summed E-state index contributed by atoms with van der Waals surface area (Å²) < 4.78 is 61.6. The van der Waals surface area contributed by atoms with Crippen molar-refractivity contribution in [2.45, 2.75) is 50.5 Å². The molecule has 0 aliphatic carbocycles. The third-order valence-corrected chi connectivity index (χ3v) is 8.98. The summed E-state index contributed by atoms with van der Waals surface area (Å²) in [6.45, 7) is 8.37. The van der Waals surface area contributed by atoms with Crippen molar-refractivity contribution in [2.24, 2.45) is 0 Å². The maximum atomic E-state index is 13.7. The molecule has 0 atom stereocenters. The molecule has 3 aromatic rings. The van der Waals surface area contributed by atoms with E-state index in [0.29, 0.717) is 5.69 Å². The third kappa shape index (κ3) is 6.91. The number of sulfonamides is 2. The van der Waals surface area contributed by atoms with E-state index in [1.807, 2.05) is 26.8 Å². The van der Waals surface area contributed by atoms with Crippen LogP contribution in [0, 0.1) is 20.8 Å². The highest BCUT2D eigenvalue weighted by atomic mass is 32.2. The van der Waals surface area contributed by atoms with E-state index < -0.39 is 32.5 Å². The van der Waals surface area contributed by atoms with E-state index >= 15 is 0 Å². The Balaban J connectivity index is 2.01. The summed E-state index contributed by atoms with van der Waals surface area (Å²) >= 11 is 0. The van der Waals surface area contributed by atoms with Crippen molar-refractivity contribution < 1.29 is 26.4 Å². The molecular weight excluding hydrogens is 526 g/mol. The predicted molar refractivity (Wildman–Crippen MR) is 149 cm³/mol. The van der Waals surface area contributed by atoms with Crippen LogP contribution in [-0.2, 0) is 24.8 Å². The highest BCUT2D eigenvalue weighted by Crippen LogP contribution is 2.29. The zero-order valence-corrected chi connectivity index (χ0v) is 23.9. The molecule has 0 saturated carbocycles. The Kier molecular flexibility index (Phi) is 8.86. The van der Waals surface area contributed by atoms with Crippen LogP contribution in [0.3, 0.4) is 0 Å². The number of carbonyl (C=O) groups excluding carboxylic acids is 1. The van der Waals surface area contributed by atoms with Crippen molar-refractivity contribution in [2.75, 3.05) is 23.3 Å². The molecule has 0 aromatic heterocycles. The molecule has 0 radical (unpaired) electrons. The standard InChI is InChI=1S/C27H33N3O6S2/c1-18(2)29-37(32,33)24-11-12-26(36-6)25(16-24)28-27(31)17-30(22-14-20(4)13-21(5)15-22)38(34,35)23-9-7-19(3)8-10-23/h7-16,18,29H,17H2,1-6H3,(H,28,31). The average molecular weight is 560 g/mol. The lowest BCUT2D eigenvalue weighted by Gasteiger charge is -2.25. The smallest absolute Gasteiger partial charge is 0.264 e. The number of anilines is 2. The Labute approximate surface area is 224 Å². The van der Waals surface area contributed by atoms with Crippen molar-refractivity contribution in [1.82, 2.24) is 4.72 Å². The van der Waals surface area contributed by atoms with Crippen LogP contribution in [0.4, 0.5) is 11.4 Å². The number of amides is 1. The number of carbonyl (C=O) groups is 1. The summed E-state index contributed by atoms with van der Waals surface area (Å²) in [5.41, 5.74) is 3.00. The second-order valence-electron chi connectivity index (χ2n) is 9.36. The van der Waals surface area contributed by atoms with E-state index in [1.54, 1.807) is 38.1 Å². The first-order chi connectivity index (χ1) is 17.7. The van der Waals surface area contributed by atoms with Crippen molar-refractivity contribution >= 4 is 37.3 Å². The van der Waals surface area contributed by atoms with Gasteiger partial charge in [-0.2, -0.15) is 0 Å². The van der Waals surface area contributed by atoms with Gasteiger partial charge in [-0.15, -0.1) is 0 Å². The minimum atomic E-state index is -4.12. The molecule has 38 heavy (non-hydrogen) atoms. The Morgan fingerprint density at radius 1 is 0.842 bits per heavy atom. The molecule has 204 valence electrons. The summed E-state index contributed by atoms with van der Waals surface area (Å²) in [5, 5.41) is 2.63. The van der Waals surface area contributed by atoms with E-state index in [0.717, 1.165) is 21.0 Å². The quantitative estimate of drug-likeness (QED) is 0.385. The number of aryl methyl sites for hydroxylation is 3. The van der Waals surface area contributed by atoms with Crippen molar-refractivity contribution in [3.05, 3.63) is 77.4 Å². The lowest BCUT2D eigenvalue weighted by molar-refractivity contribution is -0.114. The molecule has 0 aliphatic rings. The molecule has 0 fully saturated rings. The SMILES string of the molecule is COc1ccc(S(=O)(=O)NC(C)C)cc1NC(=O)CN(c1cc(C)cc(C)c1)S(=O)(=O)c1ccc(C)cc1. The first-order valence-electron chi connectivity index (χ1n) is 11.9. The number of methoxy groups -OCH3 is 1. The zero-order valence-electron chi connectivity index (χ0n) is 22.3. The van der Waals surface area contributed by atoms with Gasteiger partial charge in [-0.25, -0.2) is 21.6 Å². The number of hydrogen-bond donors (Lipinski definition) is 2. The second-order valence-corrected chi connectivity index (χ2v) is 12.9. The van der Waals surface area contributed by atoms with E-state index in [9.17, 15) is 21.6 Å². The number of rotatable bonds is 10. The molecule has 2 N–H and O–H groups in total. The van der Waals surface area contributed by atoms with Gasteiger partial charge in [-0.05, 0) is 88.2 Å².